The predicted molar refractivity (Wildman–Crippen MR) is 55.8 cm³/mol. The Morgan fingerprint density at radius 2 is 2.14 bits per heavy atom. The van der Waals surface area contributed by atoms with E-state index in [9.17, 15) is 5.11 Å². The molecule has 14 heavy (non-hydrogen) atoms. The highest BCUT2D eigenvalue weighted by molar-refractivity contribution is 6.34. The Bertz CT molecular complexity index is 320. The van der Waals surface area contributed by atoms with Crippen molar-refractivity contribution in [2.24, 2.45) is 0 Å². The van der Waals surface area contributed by atoms with Crippen LogP contribution in [0.1, 0.15) is 18.5 Å². The molecule has 78 valence electrons. The normalized spacial score (nSPS) is 15.2. The van der Waals surface area contributed by atoms with Gasteiger partial charge in [-0.3, -0.25) is 4.98 Å². The molecule has 0 bridgehead atoms. The number of hydrogen-bond acceptors (Lipinski definition) is 3. The molecule has 2 unspecified atom stereocenters. The van der Waals surface area contributed by atoms with E-state index < -0.39 is 6.10 Å². The lowest BCUT2D eigenvalue weighted by molar-refractivity contribution is 0.0762. The first-order valence-electron chi connectivity index (χ1n) is 4.16. The van der Waals surface area contributed by atoms with Gasteiger partial charge in [-0.2, -0.15) is 0 Å². The van der Waals surface area contributed by atoms with Crippen LogP contribution in [-0.2, 0) is 0 Å². The fourth-order valence-corrected chi connectivity index (χ4v) is 1.65. The third-order valence-electron chi connectivity index (χ3n) is 2.03. The van der Waals surface area contributed by atoms with Crippen molar-refractivity contribution in [3.8, 4) is 0 Å². The molecule has 2 atom stereocenters. The quantitative estimate of drug-likeness (QED) is 0.841. The Hall–Kier alpha value is -0.350. The average molecular weight is 236 g/mol. The Balaban J connectivity index is 2.95. The molecule has 0 saturated carbocycles. The molecule has 0 saturated heterocycles. The number of pyridine rings is 1. The molecule has 0 amide bonds. The van der Waals surface area contributed by atoms with Crippen LogP contribution in [0.25, 0.3) is 0 Å². The summed E-state index contributed by atoms with van der Waals surface area (Å²) < 4.78 is 0. The largest absolute Gasteiger partial charge is 0.394 e. The summed E-state index contributed by atoms with van der Waals surface area (Å²) >= 11 is 11.6. The minimum Gasteiger partial charge on any atom is -0.394 e. The maximum atomic E-state index is 9.39. The second-order valence-corrected chi connectivity index (χ2v) is 3.90. The molecule has 0 aliphatic carbocycles. The standard InChI is InChI=1S/C9H11Cl2NO2/c1-5(8(14)4-13)9-7(11)2-6(10)3-12-9/h2-3,5,8,13-14H,4H2,1H3. The summed E-state index contributed by atoms with van der Waals surface area (Å²) in [6.45, 7) is 1.42. The van der Waals surface area contributed by atoms with Gasteiger partial charge in [0.05, 0.1) is 28.5 Å². The lowest BCUT2D eigenvalue weighted by Gasteiger charge is -2.16. The first-order valence-corrected chi connectivity index (χ1v) is 4.91. The second kappa shape index (κ2) is 4.94. The molecule has 5 heteroatoms. The topological polar surface area (TPSA) is 53.4 Å². The number of nitrogens with zero attached hydrogens (tertiary/aromatic N) is 1. The zero-order chi connectivity index (χ0) is 10.7. The monoisotopic (exact) mass is 235 g/mol. The number of rotatable bonds is 3. The van der Waals surface area contributed by atoms with E-state index in [0.29, 0.717) is 15.7 Å². The molecular weight excluding hydrogens is 225 g/mol. The second-order valence-electron chi connectivity index (χ2n) is 3.06. The maximum Gasteiger partial charge on any atom is 0.0852 e. The van der Waals surface area contributed by atoms with E-state index in [1.807, 2.05) is 0 Å². The van der Waals surface area contributed by atoms with E-state index in [2.05, 4.69) is 4.98 Å². The van der Waals surface area contributed by atoms with Crippen LogP contribution >= 0.6 is 23.2 Å². The van der Waals surface area contributed by atoms with Gasteiger partial charge in [0.25, 0.3) is 0 Å². The van der Waals surface area contributed by atoms with Crippen molar-refractivity contribution >= 4 is 23.2 Å². The lowest BCUT2D eigenvalue weighted by Crippen LogP contribution is -2.21. The van der Waals surface area contributed by atoms with E-state index in [0.717, 1.165) is 0 Å². The van der Waals surface area contributed by atoms with Crippen LogP contribution in [0.2, 0.25) is 10.0 Å². The van der Waals surface area contributed by atoms with Crippen molar-refractivity contribution in [1.82, 2.24) is 4.98 Å². The van der Waals surface area contributed by atoms with E-state index >= 15 is 0 Å². The van der Waals surface area contributed by atoms with Crippen molar-refractivity contribution in [2.75, 3.05) is 6.61 Å². The van der Waals surface area contributed by atoms with Gasteiger partial charge in [0, 0.05) is 12.1 Å². The molecule has 0 fully saturated rings. The van der Waals surface area contributed by atoms with Crippen LogP contribution < -0.4 is 0 Å². The minimum atomic E-state index is -0.860. The summed E-state index contributed by atoms with van der Waals surface area (Å²) in [5.74, 6) is -0.315. The first-order chi connectivity index (χ1) is 6.56. The third kappa shape index (κ3) is 2.58. The smallest absolute Gasteiger partial charge is 0.0852 e. The van der Waals surface area contributed by atoms with Gasteiger partial charge < -0.3 is 10.2 Å². The predicted octanol–water partition coefficient (Wildman–Crippen LogP) is 1.85. The molecule has 1 aromatic heterocycles. The SMILES string of the molecule is CC(c1ncc(Cl)cc1Cl)C(O)CO. The summed E-state index contributed by atoms with van der Waals surface area (Å²) in [5, 5.41) is 19.0. The van der Waals surface area contributed by atoms with Crippen molar-refractivity contribution in [3.05, 3.63) is 28.0 Å². The van der Waals surface area contributed by atoms with E-state index in [4.69, 9.17) is 28.3 Å². The van der Waals surface area contributed by atoms with Crippen molar-refractivity contribution in [3.63, 3.8) is 0 Å². The Morgan fingerprint density at radius 3 is 2.64 bits per heavy atom. The van der Waals surface area contributed by atoms with E-state index in [1.165, 1.54) is 6.20 Å². The molecule has 1 heterocycles. The number of aromatic nitrogens is 1. The zero-order valence-corrected chi connectivity index (χ0v) is 9.13. The lowest BCUT2D eigenvalue weighted by atomic mass is 10.0. The van der Waals surface area contributed by atoms with E-state index in [-0.39, 0.29) is 12.5 Å². The molecular formula is C9H11Cl2NO2. The molecule has 0 aliphatic heterocycles. The fourth-order valence-electron chi connectivity index (χ4n) is 1.10. The minimum absolute atomic E-state index is 0.315. The Kier molecular flexibility index (Phi) is 4.13. The van der Waals surface area contributed by atoms with Crippen LogP contribution in [0, 0.1) is 0 Å². The molecule has 2 N–H and O–H groups in total. The van der Waals surface area contributed by atoms with Crippen molar-refractivity contribution in [2.45, 2.75) is 18.9 Å². The number of aliphatic hydroxyl groups excluding tert-OH is 2. The first kappa shape index (κ1) is 11.7. The molecule has 0 radical (unpaired) electrons. The summed E-state index contributed by atoms with van der Waals surface area (Å²) in [6, 6.07) is 1.56. The molecule has 1 aromatic rings. The Morgan fingerprint density at radius 1 is 1.50 bits per heavy atom. The van der Waals surface area contributed by atoms with Crippen LogP contribution in [0.15, 0.2) is 12.3 Å². The highest BCUT2D eigenvalue weighted by atomic mass is 35.5. The molecule has 3 nitrogen and oxygen atoms in total. The van der Waals surface area contributed by atoms with E-state index in [1.54, 1.807) is 13.0 Å². The van der Waals surface area contributed by atoms with Gasteiger partial charge >= 0.3 is 0 Å². The molecule has 0 spiro atoms. The van der Waals surface area contributed by atoms with Crippen LogP contribution in [-0.4, -0.2) is 27.9 Å². The highest BCUT2D eigenvalue weighted by Gasteiger charge is 2.19. The van der Waals surface area contributed by atoms with Crippen LogP contribution in [0.5, 0.6) is 0 Å². The summed E-state index contributed by atoms with van der Waals surface area (Å²) in [7, 11) is 0. The fraction of sp³-hybridized carbons (Fsp3) is 0.444. The number of aliphatic hydroxyl groups is 2. The van der Waals surface area contributed by atoms with Crippen molar-refractivity contribution < 1.29 is 10.2 Å². The van der Waals surface area contributed by atoms with Gasteiger partial charge in [0.2, 0.25) is 0 Å². The average Bonchev–Trinajstić information content (AvgIpc) is 2.15. The zero-order valence-electron chi connectivity index (χ0n) is 7.61. The highest BCUT2D eigenvalue weighted by Crippen LogP contribution is 2.26. The van der Waals surface area contributed by atoms with Crippen LogP contribution in [0.4, 0.5) is 0 Å². The van der Waals surface area contributed by atoms with Gasteiger partial charge in [-0.25, -0.2) is 0 Å². The van der Waals surface area contributed by atoms with Gasteiger partial charge in [0.15, 0.2) is 0 Å². The molecule has 0 aromatic carbocycles. The van der Waals surface area contributed by atoms with Gasteiger partial charge in [0.1, 0.15) is 0 Å². The Labute approximate surface area is 92.3 Å². The van der Waals surface area contributed by atoms with Gasteiger partial charge in [-0.15, -0.1) is 0 Å². The van der Waals surface area contributed by atoms with Gasteiger partial charge in [-0.1, -0.05) is 30.1 Å². The molecule has 1 rings (SSSR count). The molecule has 0 aliphatic rings. The summed E-state index contributed by atoms with van der Waals surface area (Å²) in [4.78, 5) is 4.01. The summed E-state index contributed by atoms with van der Waals surface area (Å²) in [6.07, 6.45) is 0.602. The third-order valence-corrected chi connectivity index (χ3v) is 2.54. The summed E-state index contributed by atoms with van der Waals surface area (Å²) in [5.41, 5.74) is 0.539. The number of hydrogen-bond donors (Lipinski definition) is 2. The van der Waals surface area contributed by atoms with Crippen molar-refractivity contribution in [1.29, 1.82) is 0 Å². The number of halogens is 2. The van der Waals surface area contributed by atoms with Crippen LogP contribution in [0.3, 0.4) is 0 Å². The van der Waals surface area contributed by atoms with Gasteiger partial charge in [-0.05, 0) is 6.07 Å². The maximum absolute atomic E-state index is 9.39.